The molecule has 0 saturated heterocycles. The molecule has 0 bridgehead atoms. The summed E-state index contributed by atoms with van der Waals surface area (Å²) >= 11 is 0. The minimum atomic E-state index is -1.50. The Labute approximate surface area is 208 Å². The molecule has 14 nitrogen and oxygen atoms in total. The summed E-state index contributed by atoms with van der Waals surface area (Å²) in [5.41, 5.74) is 16.8. The molecule has 5 atom stereocenters. The largest absolute Gasteiger partial charge is 0.480 e. The normalized spacial score (nSPS) is 14.9. The second kappa shape index (κ2) is 15.3. The van der Waals surface area contributed by atoms with E-state index in [0.717, 1.165) is 0 Å². The maximum Gasteiger partial charge on any atom is 0.326 e. The fraction of sp³-hybridized carbons (Fsp3) is 0.500. The average molecular weight is 510 g/mol. The number of guanidine groups is 1. The summed E-state index contributed by atoms with van der Waals surface area (Å²) in [4.78, 5) is 53.2. The lowest BCUT2D eigenvalue weighted by molar-refractivity contribution is -0.142. The van der Waals surface area contributed by atoms with Crippen molar-refractivity contribution in [1.82, 2.24) is 16.0 Å². The van der Waals surface area contributed by atoms with Crippen molar-refractivity contribution >= 4 is 29.7 Å². The molecule has 0 aliphatic carbocycles. The lowest BCUT2D eigenvalue weighted by Gasteiger charge is -2.24. The van der Waals surface area contributed by atoms with Gasteiger partial charge in [-0.1, -0.05) is 30.3 Å². The molecule has 14 heteroatoms. The Bertz CT molecular complexity index is 907. The Hall–Kier alpha value is -3.75. The molecule has 0 radical (unpaired) electrons. The van der Waals surface area contributed by atoms with Crippen LogP contribution in [0.25, 0.3) is 0 Å². The third-order valence-electron chi connectivity index (χ3n) is 5.11. The van der Waals surface area contributed by atoms with Gasteiger partial charge in [0.05, 0.1) is 12.7 Å². The molecule has 0 aliphatic rings. The topological polar surface area (TPSA) is 255 Å². The van der Waals surface area contributed by atoms with Gasteiger partial charge >= 0.3 is 5.97 Å². The van der Waals surface area contributed by atoms with Crippen molar-refractivity contribution < 1.29 is 34.5 Å². The number of hydrogen-bond donors (Lipinski definition) is 9. The smallest absolute Gasteiger partial charge is 0.326 e. The standard InChI is InChI=1S/C22H35N7O7/c1-12(31)17(23)20(34)27-14(8-5-9-26-22(24)25)18(32)29-16(11-30)19(33)28-15(21(35)36)10-13-6-3-2-4-7-13/h2-4,6-7,12,14-17,30-31H,5,8-11,23H2,1H3,(H,27,34)(H,28,33)(H,29,32)(H,35,36)(H4,24,25,26). The maximum atomic E-state index is 12.9. The molecule has 200 valence electrons. The van der Waals surface area contributed by atoms with E-state index in [1.165, 1.54) is 6.92 Å². The average Bonchev–Trinajstić information content (AvgIpc) is 2.83. The third kappa shape index (κ3) is 10.7. The van der Waals surface area contributed by atoms with E-state index >= 15 is 0 Å². The van der Waals surface area contributed by atoms with Crippen LogP contribution in [0.3, 0.4) is 0 Å². The summed E-state index contributed by atoms with van der Waals surface area (Å²) in [6.07, 6.45) is -0.918. The van der Waals surface area contributed by atoms with Gasteiger partial charge in [-0.15, -0.1) is 0 Å². The first-order chi connectivity index (χ1) is 17.0. The van der Waals surface area contributed by atoms with E-state index in [2.05, 4.69) is 20.9 Å². The number of amides is 3. The van der Waals surface area contributed by atoms with Crippen LogP contribution in [0.1, 0.15) is 25.3 Å². The molecule has 1 aromatic rings. The monoisotopic (exact) mass is 509 g/mol. The zero-order valence-corrected chi connectivity index (χ0v) is 20.0. The summed E-state index contributed by atoms with van der Waals surface area (Å²) in [5.74, 6) is -4.04. The van der Waals surface area contributed by atoms with Crippen LogP contribution < -0.4 is 33.2 Å². The van der Waals surface area contributed by atoms with E-state index in [0.29, 0.717) is 5.56 Å². The Kier molecular flexibility index (Phi) is 12.9. The van der Waals surface area contributed by atoms with Crippen LogP contribution in [0, 0.1) is 0 Å². The van der Waals surface area contributed by atoms with Gasteiger partial charge in [0.2, 0.25) is 17.7 Å². The Balaban J connectivity index is 2.90. The number of carbonyl (C=O) groups excluding carboxylic acids is 3. The number of nitrogens with zero attached hydrogens (tertiary/aromatic N) is 1. The first-order valence-corrected chi connectivity index (χ1v) is 11.2. The van der Waals surface area contributed by atoms with E-state index in [1.807, 2.05) is 0 Å². The van der Waals surface area contributed by atoms with Crippen LogP contribution in [-0.2, 0) is 25.6 Å². The van der Waals surface area contributed by atoms with Crippen molar-refractivity contribution in [2.75, 3.05) is 13.2 Å². The van der Waals surface area contributed by atoms with Crippen molar-refractivity contribution in [3.8, 4) is 0 Å². The number of nitrogens with one attached hydrogen (secondary N) is 3. The number of nitrogens with two attached hydrogens (primary N) is 3. The summed E-state index contributed by atoms with van der Waals surface area (Å²) in [5, 5.41) is 35.7. The highest BCUT2D eigenvalue weighted by molar-refractivity contribution is 5.94. The molecule has 0 aromatic heterocycles. The summed E-state index contributed by atoms with van der Waals surface area (Å²) in [6, 6.07) is 3.25. The van der Waals surface area contributed by atoms with E-state index in [4.69, 9.17) is 17.2 Å². The molecule has 0 saturated carbocycles. The highest BCUT2D eigenvalue weighted by Gasteiger charge is 2.30. The van der Waals surface area contributed by atoms with Gasteiger partial charge in [0.25, 0.3) is 0 Å². The van der Waals surface area contributed by atoms with Crippen molar-refractivity contribution in [3.63, 3.8) is 0 Å². The van der Waals surface area contributed by atoms with Gasteiger partial charge in [0.15, 0.2) is 5.96 Å². The van der Waals surface area contributed by atoms with Crippen LogP contribution in [0.15, 0.2) is 35.3 Å². The fourth-order valence-electron chi connectivity index (χ4n) is 3.05. The van der Waals surface area contributed by atoms with Crippen LogP contribution in [0.4, 0.5) is 0 Å². The Morgan fingerprint density at radius 1 is 0.944 bits per heavy atom. The van der Waals surface area contributed by atoms with Gasteiger partial charge in [0.1, 0.15) is 24.2 Å². The number of rotatable bonds is 15. The number of aliphatic carboxylic acids is 1. The molecule has 1 aromatic carbocycles. The lowest BCUT2D eigenvalue weighted by atomic mass is 10.1. The predicted octanol–water partition coefficient (Wildman–Crippen LogP) is -3.48. The Morgan fingerprint density at radius 2 is 1.50 bits per heavy atom. The number of carboxylic acids is 1. The number of aliphatic hydroxyl groups is 2. The molecular weight excluding hydrogens is 474 g/mol. The second-order valence-corrected chi connectivity index (χ2v) is 8.11. The van der Waals surface area contributed by atoms with Gasteiger partial charge < -0.3 is 48.5 Å². The maximum absolute atomic E-state index is 12.9. The fourth-order valence-corrected chi connectivity index (χ4v) is 3.05. The first-order valence-electron chi connectivity index (χ1n) is 11.2. The molecule has 12 N–H and O–H groups in total. The highest BCUT2D eigenvalue weighted by atomic mass is 16.4. The highest BCUT2D eigenvalue weighted by Crippen LogP contribution is 2.05. The van der Waals surface area contributed by atoms with E-state index in [-0.39, 0.29) is 31.8 Å². The number of benzene rings is 1. The second-order valence-electron chi connectivity index (χ2n) is 8.11. The minimum absolute atomic E-state index is 0.0191. The van der Waals surface area contributed by atoms with Crippen LogP contribution in [0.5, 0.6) is 0 Å². The molecule has 0 aliphatic heterocycles. The van der Waals surface area contributed by atoms with Crippen LogP contribution >= 0.6 is 0 Å². The third-order valence-corrected chi connectivity index (χ3v) is 5.11. The SMILES string of the molecule is CC(O)C(N)C(=O)NC(CCCN=C(N)N)C(=O)NC(CO)C(=O)NC(Cc1ccccc1)C(=O)O. The van der Waals surface area contributed by atoms with Crippen molar-refractivity contribution in [3.05, 3.63) is 35.9 Å². The zero-order chi connectivity index (χ0) is 27.3. The van der Waals surface area contributed by atoms with E-state index in [1.54, 1.807) is 30.3 Å². The van der Waals surface area contributed by atoms with Crippen LogP contribution in [0.2, 0.25) is 0 Å². The zero-order valence-electron chi connectivity index (χ0n) is 20.0. The molecule has 36 heavy (non-hydrogen) atoms. The number of aliphatic imine (C=N–C) groups is 1. The van der Waals surface area contributed by atoms with Gasteiger partial charge in [-0.3, -0.25) is 19.4 Å². The van der Waals surface area contributed by atoms with Gasteiger partial charge in [-0.25, -0.2) is 4.79 Å². The molecule has 0 heterocycles. The number of aliphatic hydroxyl groups excluding tert-OH is 2. The summed E-state index contributed by atoms with van der Waals surface area (Å²) in [7, 11) is 0. The van der Waals surface area contributed by atoms with Gasteiger partial charge in [-0.2, -0.15) is 0 Å². The molecule has 3 amide bonds. The predicted molar refractivity (Wildman–Crippen MR) is 130 cm³/mol. The summed E-state index contributed by atoms with van der Waals surface area (Å²) < 4.78 is 0. The lowest BCUT2D eigenvalue weighted by Crippen LogP contribution is -2.59. The molecule has 1 rings (SSSR count). The van der Waals surface area contributed by atoms with E-state index < -0.39 is 60.6 Å². The first kappa shape index (κ1) is 30.3. The molecule has 0 spiro atoms. The van der Waals surface area contributed by atoms with Crippen molar-refractivity contribution in [2.45, 2.75) is 56.5 Å². The molecule has 0 fully saturated rings. The van der Waals surface area contributed by atoms with Crippen molar-refractivity contribution in [2.24, 2.45) is 22.2 Å². The number of carbonyl (C=O) groups is 4. The van der Waals surface area contributed by atoms with E-state index in [9.17, 15) is 34.5 Å². The summed E-state index contributed by atoms with van der Waals surface area (Å²) in [6.45, 7) is 0.615. The number of hydrogen-bond acceptors (Lipinski definition) is 8. The van der Waals surface area contributed by atoms with Gasteiger partial charge in [0, 0.05) is 13.0 Å². The number of carboxylic acid groups (broad SMARTS) is 1. The quantitative estimate of drug-likeness (QED) is 0.0640. The van der Waals surface area contributed by atoms with Gasteiger partial charge in [-0.05, 0) is 25.3 Å². The van der Waals surface area contributed by atoms with Crippen molar-refractivity contribution in [1.29, 1.82) is 0 Å². The van der Waals surface area contributed by atoms with Crippen LogP contribution in [-0.4, -0.2) is 88.4 Å². The molecule has 5 unspecified atom stereocenters. The Morgan fingerprint density at radius 3 is 2.03 bits per heavy atom. The molecular formula is C22H35N7O7. The minimum Gasteiger partial charge on any atom is -0.480 e.